The van der Waals surface area contributed by atoms with Crippen molar-refractivity contribution in [2.24, 2.45) is 0 Å². The van der Waals surface area contributed by atoms with Gasteiger partial charge in [-0.1, -0.05) is 11.6 Å². The van der Waals surface area contributed by atoms with Gasteiger partial charge in [-0.3, -0.25) is 0 Å². The third-order valence-corrected chi connectivity index (χ3v) is 4.57. The Morgan fingerprint density at radius 3 is 2.28 bits per heavy atom. The van der Waals surface area contributed by atoms with E-state index in [1.165, 1.54) is 24.3 Å². The van der Waals surface area contributed by atoms with Crippen molar-refractivity contribution in [1.82, 2.24) is 0 Å². The zero-order valence-corrected chi connectivity index (χ0v) is 16.4. The van der Waals surface area contributed by atoms with E-state index in [2.05, 4.69) is 0 Å². The number of aliphatic hydroxyl groups is 3. The minimum Gasteiger partial charge on any atom is -0.462 e. The maximum atomic E-state index is 13.1. The fourth-order valence-corrected chi connectivity index (χ4v) is 3.00. The maximum Gasteiger partial charge on any atom is 0.358 e. The summed E-state index contributed by atoms with van der Waals surface area (Å²) in [5.74, 6) is 0.0903. The van der Waals surface area contributed by atoms with Crippen molar-refractivity contribution < 1.29 is 38.7 Å². The van der Waals surface area contributed by atoms with Gasteiger partial charge in [0.2, 0.25) is 6.29 Å². The van der Waals surface area contributed by atoms with Gasteiger partial charge in [0.15, 0.2) is 12.2 Å². The summed E-state index contributed by atoms with van der Waals surface area (Å²) in [7, 11) is 0. The quantitative estimate of drug-likeness (QED) is 0.603. The van der Waals surface area contributed by atoms with E-state index in [-0.39, 0.29) is 11.0 Å². The van der Waals surface area contributed by atoms with Crippen molar-refractivity contribution in [3.8, 4) is 11.5 Å². The molecule has 1 heterocycles. The lowest BCUT2D eigenvalue weighted by atomic mass is 9.99. The number of ether oxygens (including phenoxy) is 4. The summed E-state index contributed by atoms with van der Waals surface area (Å²) in [4.78, 5) is 0. The van der Waals surface area contributed by atoms with Crippen molar-refractivity contribution >= 4 is 29.1 Å². The van der Waals surface area contributed by atoms with E-state index in [4.69, 9.17) is 42.8 Å². The second-order valence-corrected chi connectivity index (χ2v) is 6.94. The Morgan fingerprint density at radius 1 is 1.03 bits per heavy atom. The molecule has 0 amide bonds. The third-order valence-electron chi connectivity index (χ3n) is 4.13. The summed E-state index contributed by atoms with van der Waals surface area (Å²) in [5, 5.41) is 30.5. The van der Waals surface area contributed by atoms with E-state index in [0.29, 0.717) is 10.8 Å². The Labute approximate surface area is 176 Å². The molecule has 0 aliphatic carbocycles. The van der Waals surface area contributed by atoms with Gasteiger partial charge in [0, 0.05) is 17.2 Å². The Morgan fingerprint density at radius 2 is 1.66 bits per heavy atom. The van der Waals surface area contributed by atoms with Crippen LogP contribution in [0.1, 0.15) is 0 Å². The molecule has 29 heavy (non-hydrogen) atoms. The number of halogens is 2. The zero-order chi connectivity index (χ0) is 21.0. The first-order chi connectivity index (χ1) is 13.9. The SMILES string of the molecule is OC[C@H]1O[C@@H](Oc2ccc(F)cc2)[C@H](O)[C@@H](OC(=S)Oc2ccc(Cl)cc2)[C@H]1O. The molecule has 1 aliphatic heterocycles. The average Bonchev–Trinajstić information content (AvgIpc) is 2.70. The standard InChI is InChI=1S/C19H18ClFO7S/c20-10-1-5-13(6-2-10)26-19(29)28-17-15(23)14(9-22)27-18(16(17)24)25-12-7-3-11(21)4-8-12/h1-8,14-18,22-24H,9H2/t14-,15+,16-,17+,18-/m1/s1. The van der Waals surface area contributed by atoms with Crippen LogP contribution in [-0.2, 0) is 9.47 Å². The molecule has 0 saturated carbocycles. The van der Waals surface area contributed by atoms with E-state index in [0.717, 1.165) is 0 Å². The van der Waals surface area contributed by atoms with Crippen LogP contribution in [0.5, 0.6) is 11.5 Å². The molecule has 0 unspecified atom stereocenters. The van der Waals surface area contributed by atoms with E-state index >= 15 is 0 Å². The maximum absolute atomic E-state index is 13.1. The predicted octanol–water partition coefficient (Wildman–Crippen LogP) is 2.05. The highest BCUT2D eigenvalue weighted by Gasteiger charge is 2.47. The van der Waals surface area contributed by atoms with Crippen LogP contribution in [-0.4, -0.2) is 57.9 Å². The van der Waals surface area contributed by atoms with Gasteiger partial charge in [0.25, 0.3) is 0 Å². The van der Waals surface area contributed by atoms with Crippen LogP contribution in [0.4, 0.5) is 4.39 Å². The normalized spacial score (nSPS) is 26.6. The van der Waals surface area contributed by atoms with Gasteiger partial charge in [-0.2, -0.15) is 0 Å². The Balaban J connectivity index is 1.70. The molecule has 1 fully saturated rings. The molecule has 3 rings (SSSR count). The van der Waals surface area contributed by atoms with Gasteiger partial charge in [-0.25, -0.2) is 4.39 Å². The highest BCUT2D eigenvalue weighted by Crippen LogP contribution is 2.27. The third kappa shape index (κ3) is 5.53. The summed E-state index contributed by atoms with van der Waals surface area (Å²) in [5.41, 5.74) is 0. The summed E-state index contributed by atoms with van der Waals surface area (Å²) in [6.45, 7) is -0.568. The van der Waals surface area contributed by atoms with Gasteiger partial charge in [0.1, 0.15) is 29.5 Å². The summed E-state index contributed by atoms with van der Waals surface area (Å²) >= 11 is 10.8. The van der Waals surface area contributed by atoms with Crippen LogP contribution >= 0.6 is 23.8 Å². The van der Waals surface area contributed by atoms with Crippen molar-refractivity contribution in [2.45, 2.75) is 30.7 Å². The number of benzene rings is 2. The van der Waals surface area contributed by atoms with Gasteiger partial charge in [-0.05, 0) is 48.5 Å². The highest BCUT2D eigenvalue weighted by atomic mass is 35.5. The lowest BCUT2D eigenvalue weighted by Gasteiger charge is -2.41. The van der Waals surface area contributed by atoms with E-state index < -0.39 is 43.1 Å². The first-order valence-electron chi connectivity index (χ1n) is 8.56. The minimum absolute atomic E-state index is 0.210. The second kappa shape index (κ2) is 9.66. The van der Waals surface area contributed by atoms with Crippen LogP contribution in [0.25, 0.3) is 0 Å². The number of rotatable bonds is 5. The monoisotopic (exact) mass is 444 g/mol. The fourth-order valence-electron chi connectivity index (χ4n) is 2.67. The average molecular weight is 445 g/mol. The zero-order valence-electron chi connectivity index (χ0n) is 14.9. The molecule has 2 aromatic carbocycles. The van der Waals surface area contributed by atoms with Gasteiger partial charge in [0.05, 0.1) is 6.61 Å². The van der Waals surface area contributed by atoms with Crippen LogP contribution in [0.3, 0.4) is 0 Å². The van der Waals surface area contributed by atoms with Gasteiger partial charge >= 0.3 is 5.24 Å². The topological polar surface area (TPSA) is 97.6 Å². The number of hydrogen-bond acceptors (Lipinski definition) is 8. The van der Waals surface area contributed by atoms with Crippen LogP contribution in [0, 0.1) is 5.82 Å². The van der Waals surface area contributed by atoms with Crippen molar-refractivity contribution in [1.29, 1.82) is 0 Å². The lowest BCUT2D eigenvalue weighted by molar-refractivity contribution is -0.275. The molecular formula is C19H18ClFO7S. The molecule has 0 bridgehead atoms. The second-order valence-electron chi connectivity index (χ2n) is 6.17. The van der Waals surface area contributed by atoms with Gasteiger partial charge in [-0.15, -0.1) is 0 Å². The molecule has 0 spiro atoms. The number of thiocarbonyl (C=S) groups is 1. The first-order valence-corrected chi connectivity index (χ1v) is 9.34. The molecule has 10 heteroatoms. The van der Waals surface area contributed by atoms with Crippen molar-refractivity contribution in [2.75, 3.05) is 6.61 Å². The molecule has 5 atom stereocenters. The molecule has 3 N–H and O–H groups in total. The summed E-state index contributed by atoms with van der Waals surface area (Å²) < 4.78 is 34.7. The predicted molar refractivity (Wildman–Crippen MR) is 104 cm³/mol. The first kappa shape index (κ1) is 21.7. The van der Waals surface area contributed by atoms with Crippen LogP contribution < -0.4 is 9.47 Å². The fraction of sp³-hybridized carbons (Fsp3) is 0.316. The molecule has 7 nitrogen and oxygen atoms in total. The van der Waals surface area contributed by atoms with E-state index in [1.54, 1.807) is 24.3 Å². The van der Waals surface area contributed by atoms with Crippen molar-refractivity contribution in [3.63, 3.8) is 0 Å². The smallest absolute Gasteiger partial charge is 0.358 e. The Kier molecular flexibility index (Phi) is 7.23. The van der Waals surface area contributed by atoms with Crippen LogP contribution in [0.2, 0.25) is 5.02 Å². The lowest BCUT2D eigenvalue weighted by Crippen LogP contribution is -2.61. The largest absolute Gasteiger partial charge is 0.462 e. The Bertz CT molecular complexity index is 820. The molecule has 1 saturated heterocycles. The molecular weight excluding hydrogens is 427 g/mol. The number of aliphatic hydroxyl groups excluding tert-OH is 3. The summed E-state index contributed by atoms with van der Waals surface area (Å²) in [6, 6.07) is 11.3. The van der Waals surface area contributed by atoms with E-state index in [1.807, 2.05) is 0 Å². The van der Waals surface area contributed by atoms with Gasteiger partial charge < -0.3 is 34.3 Å². The summed E-state index contributed by atoms with van der Waals surface area (Å²) in [6.07, 6.45) is -6.66. The Hall–Kier alpha value is -2.01. The molecule has 156 valence electrons. The molecule has 0 aromatic heterocycles. The minimum atomic E-state index is -1.50. The molecule has 0 radical (unpaired) electrons. The highest BCUT2D eigenvalue weighted by molar-refractivity contribution is 7.79. The van der Waals surface area contributed by atoms with Crippen molar-refractivity contribution in [3.05, 3.63) is 59.4 Å². The van der Waals surface area contributed by atoms with Crippen LogP contribution in [0.15, 0.2) is 48.5 Å². The van der Waals surface area contributed by atoms with E-state index in [9.17, 15) is 19.7 Å². The number of hydrogen-bond donors (Lipinski definition) is 3. The molecule has 2 aromatic rings. The molecule has 1 aliphatic rings.